The van der Waals surface area contributed by atoms with Gasteiger partial charge in [0.25, 0.3) is 0 Å². The Labute approximate surface area is 120 Å². The zero-order valence-electron chi connectivity index (χ0n) is 13.2. The van der Waals surface area contributed by atoms with Crippen molar-refractivity contribution in [1.82, 2.24) is 10.2 Å². The summed E-state index contributed by atoms with van der Waals surface area (Å²) in [6.45, 7) is 11.0. The van der Waals surface area contributed by atoms with Crippen LogP contribution in [-0.4, -0.2) is 37.6 Å². The molecule has 0 unspecified atom stereocenters. The number of piperidine rings is 1. The van der Waals surface area contributed by atoms with Gasteiger partial charge >= 0.3 is 0 Å². The fourth-order valence-electron chi connectivity index (χ4n) is 4.22. The third-order valence-electron chi connectivity index (χ3n) is 5.38. The first-order valence-electron chi connectivity index (χ1n) is 8.71. The van der Waals surface area contributed by atoms with E-state index >= 15 is 0 Å². The fraction of sp³-hybridized carbons (Fsp3) is 1.00. The molecule has 0 spiro atoms. The highest BCUT2D eigenvalue weighted by Crippen LogP contribution is 2.39. The van der Waals surface area contributed by atoms with Crippen molar-refractivity contribution in [3.63, 3.8) is 0 Å². The first-order chi connectivity index (χ1) is 9.28. The van der Waals surface area contributed by atoms with Crippen LogP contribution in [0.15, 0.2) is 0 Å². The van der Waals surface area contributed by atoms with Gasteiger partial charge in [0.1, 0.15) is 0 Å². The lowest BCUT2D eigenvalue weighted by atomic mass is 9.84. The molecule has 2 fully saturated rings. The van der Waals surface area contributed by atoms with E-state index in [1.54, 1.807) is 0 Å². The Balaban J connectivity index is 1.78. The van der Waals surface area contributed by atoms with Crippen LogP contribution < -0.4 is 5.32 Å². The summed E-state index contributed by atoms with van der Waals surface area (Å²) < 4.78 is 0. The maximum atomic E-state index is 3.62. The molecule has 0 radical (unpaired) electrons. The Morgan fingerprint density at radius 1 is 1.11 bits per heavy atom. The van der Waals surface area contributed by atoms with Gasteiger partial charge in [-0.3, -0.25) is 0 Å². The van der Waals surface area contributed by atoms with Crippen LogP contribution in [0.1, 0.15) is 65.2 Å². The van der Waals surface area contributed by atoms with Crippen molar-refractivity contribution in [3.8, 4) is 0 Å². The molecule has 112 valence electrons. The van der Waals surface area contributed by atoms with Crippen LogP contribution in [0.2, 0.25) is 0 Å². The van der Waals surface area contributed by atoms with Crippen LogP contribution in [0, 0.1) is 11.3 Å². The van der Waals surface area contributed by atoms with Gasteiger partial charge in [0, 0.05) is 13.1 Å². The summed E-state index contributed by atoms with van der Waals surface area (Å²) in [6.07, 6.45) is 11.5. The highest BCUT2D eigenvalue weighted by molar-refractivity contribution is 4.90. The van der Waals surface area contributed by atoms with Gasteiger partial charge in [0.2, 0.25) is 0 Å². The standard InChI is InChI=1S/C17H34N2/c1-3-7-16-8-12-19(13-9-16)15-17(14-18-4-2)10-5-6-11-17/h16,18H,3-15H2,1-2H3. The zero-order valence-corrected chi connectivity index (χ0v) is 13.2. The second kappa shape index (κ2) is 7.64. The van der Waals surface area contributed by atoms with E-state index in [1.165, 1.54) is 77.5 Å². The van der Waals surface area contributed by atoms with Crippen LogP contribution in [0.3, 0.4) is 0 Å². The Morgan fingerprint density at radius 3 is 2.37 bits per heavy atom. The molecule has 2 aliphatic rings. The molecule has 0 aromatic carbocycles. The monoisotopic (exact) mass is 266 g/mol. The molecule has 2 nitrogen and oxygen atoms in total. The molecule has 1 N–H and O–H groups in total. The van der Waals surface area contributed by atoms with Crippen molar-refractivity contribution in [2.75, 3.05) is 32.7 Å². The second-order valence-corrected chi connectivity index (χ2v) is 7.00. The van der Waals surface area contributed by atoms with E-state index in [0.717, 1.165) is 12.5 Å². The zero-order chi connectivity index (χ0) is 13.6. The summed E-state index contributed by atoms with van der Waals surface area (Å²) in [6, 6.07) is 0. The van der Waals surface area contributed by atoms with Crippen molar-refractivity contribution in [2.24, 2.45) is 11.3 Å². The largest absolute Gasteiger partial charge is 0.316 e. The van der Waals surface area contributed by atoms with Gasteiger partial charge in [-0.25, -0.2) is 0 Å². The molecule has 0 atom stereocenters. The average molecular weight is 266 g/mol. The third-order valence-corrected chi connectivity index (χ3v) is 5.38. The van der Waals surface area contributed by atoms with Crippen molar-refractivity contribution < 1.29 is 0 Å². The molecular formula is C17H34N2. The maximum absolute atomic E-state index is 3.62. The van der Waals surface area contributed by atoms with Gasteiger partial charge in [-0.05, 0) is 56.7 Å². The third kappa shape index (κ3) is 4.46. The Morgan fingerprint density at radius 2 is 1.79 bits per heavy atom. The maximum Gasteiger partial charge on any atom is 0.00501 e. The summed E-state index contributed by atoms with van der Waals surface area (Å²) in [5.41, 5.74) is 0.605. The number of hydrogen-bond donors (Lipinski definition) is 1. The number of likely N-dealkylation sites (tertiary alicyclic amines) is 1. The molecule has 0 bridgehead atoms. The van der Waals surface area contributed by atoms with E-state index in [0.29, 0.717) is 5.41 Å². The summed E-state index contributed by atoms with van der Waals surface area (Å²) in [4.78, 5) is 2.77. The van der Waals surface area contributed by atoms with Gasteiger partial charge < -0.3 is 10.2 Å². The molecule has 1 aliphatic heterocycles. The Kier molecular flexibility index (Phi) is 6.15. The van der Waals surface area contributed by atoms with E-state index in [2.05, 4.69) is 24.1 Å². The highest BCUT2D eigenvalue weighted by Gasteiger charge is 2.35. The minimum Gasteiger partial charge on any atom is -0.316 e. The van der Waals surface area contributed by atoms with Crippen molar-refractivity contribution in [2.45, 2.75) is 65.2 Å². The predicted molar refractivity (Wildman–Crippen MR) is 83.5 cm³/mol. The lowest BCUT2D eigenvalue weighted by Crippen LogP contribution is -2.45. The molecule has 1 aliphatic carbocycles. The predicted octanol–water partition coefficient (Wildman–Crippen LogP) is 3.67. The molecule has 2 heteroatoms. The quantitative estimate of drug-likeness (QED) is 0.756. The molecule has 0 amide bonds. The van der Waals surface area contributed by atoms with E-state index in [-0.39, 0.29) is 0 Å². The smallest absolute Gasteiger partial charge is 0.00501 e. The molecule has 2 rings (SSSR count). The lowest BCUT2D eigenvalue weighted by Gasteiger charge is -2.39. The van der Waals surface area contributed by atoms with Gasteiger partial charge in [-0.15, -0.1) is 0 Å². The van der Waals surface area contributed by atoms with E-state index < -0.39 is 0 Å². The number of rotatable bonds is 7. The fourth-order valence-corrected chi connectivity index (χ4v) is 4.22. The van der Waals surface area contributed by atoms with Gasteiger partial charge in [-0.1, -0.05) is 39.5 Å². The SMILES string of the molecule is CCCC1CCN(CC2(CNCC)CCCC2)CC1. The minimum atomic E-state index is 0.605. The van der Waals surface area contributed by atoms with Crippen molar-refractivity contribution >= 4 is 0 Å². The minimum absolute atomic E-state index is 0.605. The Hall–Kier alpha value is -0.0800. The highest BCUT2D eigenvalue weighted by atomic mass is 15.1. The van der Waals surface area contributed by atoms with Gasteiger partial charge in [-0.2, -0.15) is 0 Å². The van der Waals surface area contributed by atoms with Crippen LogP contribution in [0.25, 0.3) is 0 Å². The van der Waals surface area contributed by atoms with Crippen LogP contribution in [0.4, 0.5) is 0 Å². The molecule has 19 heavy (non-hydrogen) atoms. The number of nitrogens with zero attached hydrogens (tertiary/aromatic N) is 1. The van der Waals surface area contributed by atoms with Gasteiger partial charge in [0.15, 0.2) is 0 Å². The lowest BCUT2D eigenvalue weighted by molar-refractivity contribution is 0.108. The average Bonchev–Trinajstić information content (AvgIpc) is 2.88. The summed E-state index contributed by atoms with van der Waals surface area (Å²) in [5.74, 6) is 1.02. The normalized spacial score (nSPS) is 24.9. The van der Waals surface area contributed by atoms with Crippen molar-refractivity contribution in [3.05, 3.63) is 0 Å². The first kappa shape index (κ1) is 15.3. The van der Waals surface area contributed by atoms with Crippen LogP contribution in [0.5, 0.6) is 0 Å². The molecule has 1 saturated heterocycles. The van der Waals surface area contributed by atoms with Crippen LogP contribution >= 0.6 is 0 Å². The van der Waals surface area contributed by atoms with Crippen molar-refractivity contribution in [1.29, 1.82) is 0 Å². The topological polar surface area (TPSA) is 15.3 Å². The first-order valence-corrected chi connectivity index (χ1v) is 8.71. The van der Waals surface area contributed by atoms with E-state index in [1.807, 2.05) is 0 Å². The second-order valence-electron chi connectivity index (χ2n) is 7.00. The molecular weight excluding hydrogens is 232 g/mol. The Bertz CT molecular complexity index is 238. The molecule has 1 saturated carbocycles. The number of nitrogens with one attached hydrogen (secondary N) is 1. The van der Waals surface area contributed by atoms with Gasteiger partial charge in [0.05, 0.1) is 0 Å². The van der Waals surface area contributed by atoms with Crippen LogP contribution in [-0.2, 0) is 0 Å². The van der Waals surface area contributed by atoms with E-state index in [9.17, 15) is 0 Å². The molecule has 1 heterocycles. The summed E-state index contributed by atoms with van der Waals surface area (Å²) >= 11 is 0. The summed E-state index contributed by atoms with van der Waals surface area (Å²) in [7, 11) is 0. The number of hydrogen-bond acceptors (Lipinski definition) is 2. The molecule has 0 aromatic heterocycles. The molecule has 0 aromatic rings. The van der Waals surface area contributed by atoms with E-state index in [4.69, 9.17) is 0 Å². The summed E-state index contributed by atoms with van der Waals surface area (Å²) in [5, 5.41) is 3.62.